The van der Waals surface area contributed by atoms with Gasteiger partial charge in [0, 0.05) is 12.8 Å². The largest absolute Gasteiger partial charge is 0.462 e. The fourth-order valence-electron chi connectivity index (χ4n) is 4.07. The molecule has 0 aromatic rings. The van der Waals surface area contributed by atoms with Crippen LogP contribution in [0.2, 0.25) is 0 Å². The molecule has 2 aliphatic carbocycles. The van der Waals surface area contributed by atoms with Gasteiger partial charge in [0.15, 0.2) is 6.10 Å². The fraction of sp³-hybridized carbons (Fsp3) is 0.800. The molecule has 7 heteroatoms. The summed E-state index contributed by atoms with van der Waals surface area (Å²) in [6.45, 7) is 1.46. The van der Waals surface area contributed by atoms with Crippen molar-refractivity contribution in [2.24, 2.45) is 11.8 Å². The number of ether oxygens (including phenoxy) is 3. The third-order valence-corrected chi connectivity index (χ3v) is 4.99. The van der Waals surface area contributed by atoms with Crippen LogP contribution in [0.5, 0.6) is 0 Å². The zero-order valence-corrected chi connectivity index (χ0v) is 13.1. The maximum Gasteiger partial charge on any atom is 0.347 e. The number of rotatable bonds is 4. The van der Waals surface area contributed by atoms with Gasteiger partial charge in [-0.2, -0.15) is 0 Å². The molecular weight excluding hydrogens is 312 g/mol. The van der Waals surface area contributed by atoms with Crippen LogP contribution < -0.4 is 0 Å². The number of carbonyl (C=O) groups excluding carboxylic acids is 3. The second kappa shape index (κ2) is 5.72. The highest BCUT2D eigenvalue weighted by atomic mass is 35.5. The average Bonchev–Trinajstić information content (AvgIpc) is 2.60. The van der Waals surface area contributed by atoms with E-state index in [1.807, 2.05) is 0 Å². The molecular formula is C15H19ClO6. The number of carbonyl (C=O) groups is 3. The van der Waals surface area contributed by atoms with E-state index in [1.165, 1.54) is 6.92 Å². The Bertz CT molecular complexity index is 506. The Labute approximate surface area is 133 Å². The Morgan fingerprint density at radius 1 is 1.36 bits per heavy atom. The summed E-state index contributed by atoms with van der Waals surface area (Å²) in [5.41, 5.74) is -0.665. The van der Waals surface area contributed by atoms with Crippen molar-refractivity contribution in [3.63, 3.8) is 0 Å². The molecule has 4 bridgehead atoms. The highest BCUT2D eigenvalue weighted by molar-refractivity contribution is 6.26. The van der Waals surface area contributed by atoms with Gasteiger partial charge in [-0.15, -0.1) is 11.6 Å². The lowest BCUT2D eigenvalue weighted by atomic mass is 9.65. The van der Waals surface area contributed by atoms with Gasteiger partial charge in [-0.05, 0) is 32.1 Å². The molecule has 4 fully saturated rings. The Morgan fingerprint density at radius 3 is 2.86 bits per heavy atom. The molecule has 2 heterocycles. The van der Waals surface area contributed by atoms with Crippen molar-refractivity contribution in [3.8, 4) is 0 Å². The molecule has 0 aromatic carbocycles. The lowest BCUT2D eigenvalue weighted by Gasteiger charge is -2.45. The van der Waals surface area contributed by atoms with Crippen LogP contribution in [0.4, 0.5) is 0 Å². The third-order valence-electron chi connectivity index (χ3n) is 4.78. The predicted molar refractivity (Wildman–Crippen MR) is 75.0 cm³/mol. The molecule has 4 rings (SSSR count). The van der Waals surface area contributed by atoms with Crippen LogP contribution in [0.1, 0.15) is 39.0 Å². The van der Waals surface area contributed by atoms with Crippen molar-refractivity contribution >= 4 is 29.5 Å². The van der Waals surface area contributed by atoms with Crippen molar-refractivity contribution in [2.75, 3.05) is 5.88 Å². The quantitative estimate of drug-likeness (QED) is 0.442. The third kappa shape index (κ3) is 2.93. The molecule has 122 valence electrons. The topological polar surface area (TPSA) is 78.9 Å². The average molecular weight is 331 g/mol. The molecule has 5 unspecified atom stereocenters. The summed E-state index contributed by atoms with van der Waals surface area (Å²) in [7, 11) is 0. The maximum atomic E-state index is 12.2. The number of halogens is 1. The summed E-state index contributed by atoms with van der Waals surface area (Å²) in [6.07, 6.45) is 2.26. The standard InChI is InChI=1S/C15H19ClO6/c1-8(20-12(17)7-16)13(18)22-15-4-9-2-10(5-15)14(19)21-11(3-9)6-15/h8-11H,2-7H2,1H3. The molecule has 22 heavy (non-hydrogen) atoms. The van der Waals surface area contributed by atoms with Gasteiger partial charge in [0.1, 0.15) is 17.6 Å². The number of hydrogen-bond acceptors (Lipinski definition) is 6. The molecule has 2 aliphatic heterocycles. The van der Waals surface area contributed by atoms with Gasteiger partial charge in [0.25, 0.3) is 0 Å². The number of alkyl halides is 1. The Hall–Kier alpha value is -1.30. The molecule has 0 N–H and O–H groups in total. The first-order valence-electron chi connectivity index (χ1n) is 7.59. The molecule has 0 spiro atoms. The van der Waals surface area contributed by atoms with E-state index in [4.69, 9.17) is 25.8 Å². The van der Waals surface area contributed by atoms with Gasteiger partial charge in [0.05, 0.1) is 5.92 Å². The molecule has 5 atom stereocenters. The van der Waals surface area contributed by atoms with Crippen molar-refractivity contribution in [1.29, 1.82) is 0 Å². The Morgan fingerprint density at radius 2 is 2.14 bits per heavy atom. The van der Waals surface area contributed by atoms with Crippen molar-refractivity contribution in [3.05, 3.63) is 0 Å². The molecule has 6 nitrogen and oxygen atoms in total. The lowest BCUT2D eigenvalue weighted by Crippen LogP contribution is -2.49. The zero-order chi connectivity index (χ0) is 15.9. The predicted octanol–water partition coefficient (Wildman–Crippen LogP) is 1.57. The highest BCUT2D eigenvalue weighted by Crippen LogP contribution is 2.51. The van der Waals surface area contributed by atoms with Crippen LogP contribution in [0, 0.1) is 11.8 Å². The first kappa shape index (κ1) is 15.6. The van der Waals surface area contributed by atoms with Crippen molar-refractivity contribution in [1.82, 2.24) is 0 Å². The SMILES string of the molecule is CC(OC(=O)CCl)C(=O)OC12CC3CC(C1)OC(=O)C(C3)C2. The van der Waals surface area contributed by atoms with Crippen molar-refractivity contribution < 1.29 is 28.6 Å². The molecule has 2 saturated heterocycles. The molecule has 0 amide bonds. The minimum absolute atomic E-state index is 0.174. The Balaban J connectivity index is 1.70. The van der Waals surface area contributed by atoms with Crippen LogP contribution in [-0.4, -0.2) is 41.6 Å². The van der Waals surface area contributed by atoms with E-state index < -0.39 is 23.6 Å². The van der Waals surface area contributed by atoms with E-state index in [0.717, 1.165) is 19.3 Å². The molecule has 0 radical (unpaired) electrons. The van der Waals surface area contributed by atoms with Gasteiger partial charge in [-0.1, -0.05) is 0 Å². The van der Waals surface area contributed by atoms with Crippen LogP contribution in [0.25, 0.3) is 0 Å². The zero-order valence-electron chi connectivity index (χ0n) is 12.4. The van der Waals surface area contributed by atoms with Gasteiger partial charge < -0.3 is 14.2 Å². The second-order valence-electron chi connectivity index (χ2n) is 6.58. The van der Waals surface area contributed by atoms with E-state index in [1.54, 1.807) is 0 Å². The van der Waals surface area contributed by atoms with Crippen LogP contribution in [-0.2, 0) is 28.6 Å². The summed E-state index contributed by atoms with van der Waals surface area (Å²) in [4.78, 5) is 35.3. The highest BCUT2D eigenvalue weighted by Gasteiger charge is 2.55. The van der Waals surface area contributed by atoms with Crippen LogP contribution in [0.3, 0.4) is 0 Å². The van der Waals surface area contributed by atoms with E-state index in [9.17, 15) is 14.4 Å². The summed E-state index contributed by atoms with van der Waals surface area (Å²) in [6, 6.07) is 0. The number of hydrogen-bond donors (Lipinski definition) is 0. The summed E-state index contributed by atoms with van der Waals surface area (Å²) >= 11 is 5.36. The Kier molecular flexibility index (Phi) is 4.05. The summed E-state index contributed by atoms with van der Waals surface area (Å²) < 4.78 is 16.0. The van der Waals surface area contributed by atoms with Gasteiger partial charge >= 0.3 is 17.9 Å². The maximum absolute atomic E-state index is 12.2. The lowest BCUT2D eigenvalue weighted by molar-refractivity contribution is -0.188. The van der Waals surface area contributed by atoms with Crippen LogP contribution in [0.15, 0.2) is 0 Å². The van der Waals surface area contributed by atoms with Crippen molar-refractivity contribution in [2.45, 2.75) is 56.8 Å². The fourth-order valence-corrected chi connectivity index (χ4v) is 4.13. The summed E-state index contributed by atoms with van der Waals surface area (Å²) in [5, 5.41) is 0. The van der Waals surface area contributed by atoms with E-state index in [-0.39, 0.29) is 23.9 Å². The normalized spacial score (nSPS) is 37.2. The number of esters is 3. The van der Waals surface area contributed by atoms with E-state index in [2.05, 4.69) is 0 Å². The van der Waals surface area contributed by atoms with E-state index >= 15 is 0 Å². The first-order chi connectivity index (χ1) is 10.4. The first-order valence-corrected chi connectivity index (χ1v) is 8.13. The van der Waals surface area contributed by atoms with E-state index in [0.29, 0.717) is 18.8 Å². The summed E-state index contributed by atoms with van der Waals surface area (Å²) in [5.74, 6) is -1.58. The van der Waals surface area contributed by atoms with Gasteiger partial charge in [0.2, 0.25) is 0 Å². The minimum Gasteiger partial charge on any atom is -0.462 e. The smallest absolute Gasteiger partial charge is 0.347 e. The molecule has 0 aromatic heterocycles. The molecule has 4 aliphatic rings. The minimum atomic E-state index is -1.00. The van der Waals surface area contributed by atoms with Gasteiger partial charge in [-0.25, -0.2) is 4.79 Å². The monoisotopic (exact) mass is 330 g/mol. The second-order valence-corrected chi connectivity index (χ2v) is 6.84. The molecule has 2 saturated carbocycles. The van der Waals surface area contributed by atoms with Gasteiger partial charge in [-0.3, -0.25) is 9.59 Å². The van der Waals surface area contributed by atoms with Crippen LogP contribution >= 0.6 is 11.6 Å². The number of fused-ring (bicyclic) bond motifs is 1.